The molecule has 33 heavy (non-hydrogen) atoms. The molecule has 1 saturated heterocycles. The van der Waals surface area contributed by atoms with Crippen molar-refractivity contribution in [2.75, 3.05) is 21.3 Å². The highest BCUT2D eigenvalue weighted by molar-refractivity contribution is 8.26. The van der Waals surface area contributed by atoms with Gasteiger partial charge in [0.15, 0.2) is 15.8 Å². The summed E-state index contributed by atoms with van der Waals surface area (Å²) in [5.74, 6) is 1.09. The van der Waals surface area contributed by atoms with Gasteiger partial charge in [0.05, 0.1) is 37.3 Å². The molecule has 8 nitrogen and oxygen atoms in total. The summed E-state index contributed by atoms with van der Waals surface area (Å²) in [7, 11) is 4.56. The molecule has 0 aliphatic carbocycles. The lowest BCUT2D eigenvalue weighted by Crippen LogP contribution is -2.22. The molecule has 1 aromatic heterocycles. The van der Waals surface area contributed by atoms with Crippen LogP contribution in [0.2, 0.25) is 0 Å². The fourth-order valence-electron chi connectivity index (χ4n) is 3.25. The second kappa shape index (κ2) is 9.47. The SMILES string of the molecule is COc1cc(/C=C2/SC(=S)N(/C=C/c3nc4ccccc4[nH]c3=O)C2=O)cc(OC)c1OC. The van der Waals surface area contributed by atoms with E-state index in [4.69, 9.17) is 26.4 Å². The Morgan fingerprint density at radius 3 is 2.42 bits per heavy atom. The van der Waals surface area contributed by atoms with E-state index in [9.17, 15) is 9.59 Å². The number of fused-ring (bicyclic) bond motifs is 1. The minimum absolute atomic E-state index is 0.177. The third kappa shape index (κ3) is 4.48. The third-order valence-corrected chi connectivity index (χ3v) is 6.15. The molecule has 1 fully saturated rings. The molecule has 10 heteroatoms. The predicted molar refractivity (Wildman–Crippen MR) is 133 cm³/mol. The van der Waals surface area contributed by atoms with Crippen molar-refractivity contribution in [2.24, 2.45) is 0 Å². The van der Waals surface area contributed by atoms with Crippen molar-refractivity contribution in [3.63, 3.8) is 0 Å². The van der Waals surface area contributed by atoms with E-state index < -0.39 is 0 Å². The van der Waals surface area contributed by atoms with Gasteiger partial charge in [-0.05, 0) is 42.0 Å². The van der Waals surface area contributed by atoms with E-state index in [0.29, 0.717) is 43.1 Å². The molecule has 1 N–H and O–H groups in total. The van der Waals surface area contributed by atoms with Gasteiger partial charge in [-0.1, -0.05) is 36.1 Å². The number of H-pyrrole nitrogens is 1. The van der Waals surface area contributed by atoms with Crippen LogP contribution in [0.25, 0.3) is 23.2 Å². The number of benzene rings is 2. The number of aromatic amines is 1. The van der Waals surface area contributed by atoms with Gasteiger partial charge in [-0.15, -0.1) is 0 Å². The second-order valence-corrected chi connectivity index (χ2v) is 8.47. The molecule has 0 radical (unpaired) electrons. The highest BCUT2D eigenvalue weighted by atomic mass is 32.2. The van der Waals surface area contributed by atoms with Crippen LogP contribution in [0.15, 0.2) is 52.3 Å². The molecule has 2 heterocycles. The van der Waals surface area contributed by atoms with Crippen molar-refractivity contribution < 1.29 is 19.0 Å². The number of carbonyl (C=O) groups is 1. The topological polar surface area (TPSA) is 93.8 Å². The van der Waals surface area contributed by atoms with Gasteiger partial charge in [0, 0.05) is 6.20 Å². The van der Waals surface area contributed by atoms with Crippen molar-refractivity contribution in [1.29, 1.82) is 0 Å². The van der Waals surface area contributed by atoms with Crippen LogP contribution >= 0.6 is 24.0 Å². The average molecular weight is 482 g/mol. The number of aromatic nitrogens is 2. The molecule has 0 saturated carbocycles. The Hall–Kier alpha value is -3.63. The van der Waals surface area contributed by atoms with E-state index in [-0.39, 0.29) is 17.2 Å². The molecule has 2 aromatic carbocycles. The molecule has 1 aliphatic heterocycles. The van der Waals surface area contributed by atoms with Crippen molar-refractivity contribution in [3.8, 4) is 17.2 Å². The van der Waals surface area contributed by atoms with Crippen LogP contribution in [0.4, 0.5) is 0 Å². The second-order valence-electron chi connectivity index (χ2n) is 6.79. The number of thioether (sulfide) groups is 1. The monoisotopic (exact) mass is 481 g/mol. The number of para-hydroxylation sites is 2. The smallest absolute Gasteiger partial charge is 0.274 e. The maximum Gasteiger partial charge on any atom is 0.274 e. The van der Waals surface area contributed by atoms with Gasteiger partial charge in [-0.3, -0.25) is 14.5 Å². The third-order valence-electron chi connectivity index (χ3n) is 4.82. The summed E-state index contributed by atoms with van der Waals surface area (Å²) in [6.45, 7) is 0. The zero-order chi connectivity index (χ0) is 23.5. The minimum atomic E-state index is -0.358. The number of nitrogens with one attached hydrogen (secondary N) is 1. The molecule has 4 rings (SSSR count). The van der Waals surface area contributed by atoms with E-state index in [1.165, 1.54) is 38.5 Å². The number of nitrogens with zero attached hydrogens (tertiary/aromatic N) is 2. The first kappa shape index (κ1) is 22.6. The summed E-state index contributed by atoms with van der Waals surface area (Å²) < 4.78 is 16.4. The Balaban J connectivity index is 1.63. The molecular formula is C23H19N3O5S2. The fourth-order valence-corrected chi connectivity index (χ4v) is 4.47. The highest BCUT2D eigenvalue weighted by Crippen LogP contribution is 2.40. The Kier molecular flexibility index (Phi) is 6.47. The maximum atomic E-state index is 13.0. The Morgan fingerprint density at radius 1 is 1.06 bits per heavy atom. The van der Waals surface area contributed by atoms with Gasteiger partial charge >= 0.3 is 0 Å². The first-order valence-electron chi connectivity index (χ1n) is 9.69. The standard InChI is InChI=1S/C23H19N3O5S2/c1-29-17-10-13(11-18(30-2)20(17)31-3)12-19-22(28)26(23(32)33-19)9-8-16-21(27)25-15-7-5-4-6-14(15)24-16/h4-12H,1-3H3,(H,25,27)/b9-8+,19-12+. The Morgan fingerprint density at radius 2 is 1.76 bits per heavy atom. The summed E-state index contributed by atoms with van der Waals surface area (Å²) in [6.07, 6.45) is 4.62. The van der Waals surface area contributed by atoms with Gasteiger partial charge in [0.1, 0.15) is 5.69 Å². The fraction of sp³-hybridized carbons (Fsp3) is 0.130. The van der Waals surface area contributed by atoms with Crippen LogP contribution in [-0.2, 0) is 4.79 Å². The molecular weight excluding hydrogens is 462 g/mol. The Bertz CT molecular complexity index is 1360. The van der Waals surface area contributed by atoms with E-state index in [2.05, 4.69) is 9.97 Å². The van der Waals surface area contributed by atoms with Crippen LogP contribution in [0, 0.1) is 0 Å². The van der Waals surface area contributed by atoms with Crippen LogP contribution in [0.5, 0.6) is 17.2 Å². The number of thiocarbonyl (C=S) groups is 1. The van der Waals surface area contributed by atoms with E-state index in [0.717, 1.165) is 11.8 Å². The molecule has 3 aromatic rings. The molecule has 1 aliphatic rings. The molecule has 0 spiro atoms. The molecule has 168 valence electrons. The number of ether oxygens (including phenoxy) is 3. The van der Waals surface area contributed by atoms with E-state index in [1.54, 1.807) is 30.3 Å². The number of amides is 1. The zero-order valence-corrected chi connectivity index (χ0v) is 19.6. The molecule has 0 bridgehead atoms. The Labute approximate surface area is 198 Å². The summed E-state index contributed by atoms with van der Waals surface area (Å²) in [6, 6.07) is 10.7. The summed E-state index contributed by atoms with van der Waals surface area (Å²) in [4.78, 5) is 34.1. The largest absolute Gasteiger partial charge is 0.493 e. The summed E-state index contributed by atoms with van der Waals surface area (Å²) >= 11 is 6.53. The zero-order valence-electron chi connectivity index (χ0n) is 17.9. The molecule has 0 unspecified atom stereocenters. The van der Waals surface area contributed by atoms with Crippen molar-refractivity contribution in [3.05, 3.63) is 69.1 Å². The lowest BCUT2D eigenvalue weighted by molar-refractivity contribution is -0.120. The van der Waals surface area contributed by atoms with Gasteiger partial charge in [-0.25, -0.2) is 4.98 Å². The first-order chi connectivity index (χ1) is 15.9. The lowest BCUT2D eigenvalue weighted by atomic mass is 10.1. The van der Waals surface area contributed by atoms with E-state index in [1.807, 2.05) is 12.1 Å². The number of carbonyl (C=O) groups excluding carboxylic acids is 1. The maximum absolute atomic E-state index is 13.0. The number of hydrogen-bond donors (Lipinski definition) is 1. The van der Waals surface area contributed by atoms with Gasteiger partial charge in [-0.2, -0.15) is 0 Å². The van der Waals surface area contributed by atoms with Crippen LogP contribution in [-0.4, -0.2) is 46.4 Å². The van der Waals surface area contributed by atoms with E-state index >= 15 is 0 Å². The predicted octanol–water partition coefficient (Wildman–Crippen LogP) is 3.82. The molecule has 1 amide bonds. The summed E-state index contributed by atoms with van der Waals surface area (Å²) in [5, 5.41) is 0. The summed E-state index contributed by atoms with van der Waals surface area (Å²) in [5.41, 5.74) is 1.78. The highest BCUT2D eigenvalue weighted by Gasteiger charge is 2.30. The average Bonchev–Trinajstić information content (AvgIpc) is 3.08. The van der Waals surface area contributed by atoms with Gasteiger partial charge in [0.25, 0.3) is 11.5 Å². The van der Waals surface area contributed by atoms with Gasteiger partial charge in [0.2, 0.25) is 5.75 Å². The van der Waals surface area contributed by atoms with Crippen LogP contribution < -0.4 is 19.8 Å². The number of hydrogen-bond acceptors (Lipinski definition) is 8. The number of rotatable bonds is 6. The van der Waals surface area contributed by atoms with Crippen LogP contribution in [0.1, 0.15) is 11.3 Å². The normalized spacial score (nSPS) is 15.1. The van der Waals surface area contributed by atoms with Gasteiger partial charge < -0.3 is 19.2 Å². The quantitative estimate of drug-likeness (QED) is 0.420. The van der Waals surface area contributed by atoms with Crippen molar-refractivity contribution >= 4 is 57.4 Å². The molecule has 0 atom stereocenters. The van der Waals surface area contributed by atoms with Crippen molar-refractivity contribution in [2.45, 2.75) is 0 Å². The number of methoxy groups -OCH3 is 3. The first-order valence-corrected chi connectivity index (χ1v) is 10.9. The van der Waals surface area contributed by atoms with Crippen molar-refractivity contribution in [1.82, 2.24) is 14.9 Å². The van der Waals surface area contributed by atoms with Crippen LogP contribution in [0.3, 0.4) is 0 Å². The minimum Gasteiger partial charge on any atom is -0.493 e. The lowest BCUT2D eigenvalue weighted by Gasteiger charge is -2.13.